The van der Waals surface area contributed by atoms with Crippen LogP contribution >= 0.6 is 23.4 Å². The fourth-order valence-corrected chi connectivity index (χ4v) is 4.37. The fraction of sp³-hybridized carbons (Fsp3) is 0.150. The van der Waals surface area contributed by atoms with Gasteiger partial charge in [0.15, 0.2) is 5.75 Å². The number of hydrogen-bond donors (Lipinski definition) is 2. The number of hydrogen-bond acceptors (Lipinski definition) is 5. The highest BCUT2D eigenvalue weighted by atomic mass is 35.5. The van der Waals surface area contributed by atoms with E-state index in [1.807, 2.05) is 0 Å². The number of nitrogens with zero attached hydrogens (tertiary/aromatic N) is 3. The molecule has 4 rings (SSSR count). The average Bonchev–Trinajstić information content (AvgIpc) is 3.36. The lowest BCUT2D eigenvalue weighted by Gasteiger charge is -2.16. The van der Waals surface area contributed by atoms with Crippen LogP contribution in [0.3, 0.4) is 0 Å². The Morgan fingerprint density at radius 3 is 2.54 bits per heavy atom. The molecule has 0 aliphatic rings. The van der Waals surface area contributed by atoms with Crippen LogP contribution in [0, 0.1) is 0 Å². The molecule has 0 radical (unpaired) electrons. The number of fused-ring (bicyclic) bond motifs is 1. The van der Waals surface area contributed by atoms with E-state index in [4.69, 9.17) is 16.7 Å². The summed E-state index contributed by atoms with van der Waals surface area (Å²) in [5.74, 6) is -0.172. The molecule has 0 aliphatic heterocycles. The van der Waals surface area contributed by atoms with Crippen LogP contribution in [0.5, 0.6) is 5.75 Å². The summed E-state index contributed by atoms with van der Waals surface area (Å²) >= 11 is 7.15. The zero-order valence-corrected chi connectivity index (χ0v) is 18.5. The normalized spacial score (nSPS) is 12.3. The molecule has 2 N–H and O–H groups in total. The van der Waals surface area contributed by atoms with Crippen molar-refractivity contribution in [1.29, 1.82) is 0 Å². The maximum atomic E-state index is 13.4. The maximum Gasteiger partial charge on any atom is 0.511 e. The molecular weight excluding hydrogens is 526 g/mol. The van der Waals surface area contributed by atoms with Gasteiger partial charge >= 0.3 is 18.5 Å². The number of ether oxygens (including phenoxy) is 1. The van der Waals surface area contributed by atoms with Crippen molar-refractivity contribution in [2.45, 2.75) is 23.0 Å². The van der Waals surface area contributed by atoms with Crippen LogP contribution in [0.2, 0.25) is 5.02 Å². The van der Waals surface area contributed by atoms with Gasteiger partial charge in [-0.15, -0.1) is 11.8 Å². The molecule has 0 saturated carbocycles. The van der Waals surface area contributed by atoms with Crippen LogP contribution in [-0.4, -0.2) is 31.0 Å². The van der Waals surface area contributed by atoms with Crippen LogP contribution in [0.4, 0.5) is 31.1 Å². The monoisotopic (exact) mass is 536 g/mol. The van der Waals surface area contributed by atoms with E-state index in [0.717, 1.165) is 24.0 Å². The zero-order chi connectivity index (χ0) is 25.5. The predicted octanol–water partition coefficient (Wildman–Crippen LogP) is 6.79. The molecule has 0 atom stereocenters. The van der Waals surface area contributed by atoms with Gasteiger partial charge in [0.05, 0.1) is 39.6 Å². The first-order chi connectivity index (χ1) is 16.3. The van der Waals surface area contributed by atoms with Crippen LogP contribution < -0.4 is 4.74 Å². The van der Waals surface area contributed by atoms with Crippen LogP contribution in [0.25, 0.3) is 17.0 Å². The third-order valence-electron chi connectivity index (χ3n) is 4.63. The summed E-state index contributed by atoms with van der Waals surface area (Å²) in [6.45, 7) is 0. The highest BCUT2D eigenvalue weighted by Gasteiger charge is 2.38. The summed E-state index contributed by atoms with van der Waals surface area (Å²) in [5.41, 5.74) is -2.28. The first kappa shape index (κ1) is 24.7. The summed E-state index contributed by atoms with van der Waals surface area (Å²) in [6, 6.07) is 4.46. The van der Waals surface area contributed by atoms with Gasteiger partial charge in [-0.3, -0.25) is 0 Å². The third-order valence-corrected chi connectivity index (χ3v) is 6.16. The largest absolute Gasteiger partial charge is 0.511 e. The number of aromatic nitrogens is 4. The van der Waals surface area contributed by atoms with E-state index in [9.17, 15) is 31.1 Å². The molecule has 0 saturated heterocycles. The summed E-state index contributed by atoms with van der Waals surface area (Å²) in [4.78, 5) is 18.2. The van der Waals surface area contributed by atoms with E-state index in [2.05, 4.69) is 19.8 Å². The van der Waals surface area contributed by atoms with Crippen molar-refractivity contribution in [3.8, 4) is 11.7 Å². The summed E-state index contributed by atoms with van der Waals surface area (Å²) in [5, 5.41) is 12.8. The predicted molar refractivity (Wildman–Crippen MR) is 113 cm³/mol. The molecule has 0 fully saturated rings. The van der Waals surface area contributed by atoms with Gasteiger partial charge in [-0.1, -0.05) is 17.7 Å². The lowest BCUT2D eigenvalue weighted by atomic mass is 10.0. The molecule has 7 nitrogen and oxygen atoms in total. The zero-order valence-electron chi connectivity index (χ0n) is 16.9. The van der Waals surface area contributed by atoms with Crippen LogP contribution in [0.15, 0.2) is 47.6 Å². The lowest BCUT2D eigenvalue weighted by molar-refractivity contribution is -0.143. The maximum absolute atomic E-state index is 13.4. The minimum absolute atomic E-state index is 0.0516. The van der Waals surface area contributed by atoms with Gasteiger partial charge < -0.3 is 14.8 Å². The van der Waals surface area contributed by atoms with E-state index in [-0.39, 0.29) is 34.1 Å². The number of halogens is 7. The van der Waals surface area contributed by atoms with Crippen LogP contribution in [-0.2, 0) is 18.1 Å². The number of carbonyl (C=O) groups is 1. The quantitative estimate of drug-likeness (QED) is 0.166. The average molecular weight is 537 g/mol. The molecule has 35 heavy (non-hydrogen) atoms. The van der Waals surface area contributed by atoms with Crippen LogP contribution in [0.1, 0.15) is 16.7 Å². The number of imidazole rings is 1. The van der Waals surface area contributed by atoms with Gasteiger partial charge in [-0.25, -0.2) is 14.5 Å². The molecule has 184 valence electrons. The van der Waals surface area contributed by atoms with Gasteiger partial charge in [-0.05, 0) is 29.8 Å². The minimum atomic E-state index is -4.98. The molecule has 2 heterocycles. The fourth-order valence-electron chi connectivity index (χ4n) is 3.09. The van der Waals surface area contributed by atoms with Gasteiger partial charge in [0, 0.05) is 10.6 Å². The molecule has 2 aromatic heterocycles. The van der Waals surface area contributed by atoms with Crippen molar-refractivity contribution in [2.24, 2.45) is 0 Å². The second kappa shape index (κ2) is 9.00. The SMILES string of the molecule is O=C(O)Oc1cnn(-c2nc3cc(SCc4ccc(C(F)(F)F)cc4C(F)(F)F)c(Cl)cc3[nH]2)c1. The van der Waals surface area contributed by atoms with Gasteiger partial charge in [0.25, 0.3) is 0 Å². The molecule has 0 bridgehead atoms. The second-order valence-electron chi connectivity index (χ2n) is 7.00. The smallest absolute Gasteiger partial charge is 0.449 e. The molecule has 0 amide bonds. The Balaban J connectivity index is 1.60. The molecule has 2 aromatic carbocycles. The molecule has 0 unspecified atom stereocenters. The Morgan fingerprint density at radius 2 is 1.89 bits per heavy atom. The van der Waals surface area contributed by atoms with Crippen molar-refractivity contribution in [3.63, 3.8) is 0 Å². The minimum Gasteiger partial charge on any atom is -0.449 e. The summed E-state index contributed by atoms with van der Waals surface area (Å²) < 4.78 is 84.5. The number of alkyl halides is 6. The highest BCUT2D eigenvalue weighted by Crippen LogP contribution is 2.40. The van der Waals surface area contributed by atoms with E-state index in [1.165, 1.54) is 23.0 Å². The Labute approximate surface area is 200 Å². The number of benzene rings is 2. The molecular formula is C20H11ClF6N4O3S. The van der Waals surface area contributed by atoms with Gasteiger partial charge in [0.2, 0.25) is 5.95 Å². The van der Waals surface area contributed by atoms with Crippen molar-refractivity contribution in [3.05, 3.63) is 64.4 Å². The Hall–Kier alpha value is -3.39. The molecule has 4 aromatic rings. The third kappa shape index (κ3) is 5.48. The highest BCUT2D eigenvalue weighted by molar-refractivity contribution is 7.98. The van der Waals surface area contributed by atoms with E-state index in [0.29, 0.717) is 22.0 Å². The topological polar surface area (TPSA) is 93.0 Å². The Bertz CT molecular complexity index is 1420. The van der Waals surface area contributed by atoms with E-state index < -0.39 is 29.6 Å². The summed E-state index contributed by atoms with van der Waals surface area (Å²) in [6.07, 6.45) is -9.00. The van der Waals surface area contributed by atoms with Crippen molar-refractivity contribution < 1.29 is 41.0 Å². The van der Waals surface area contributed by atoms with E-state index in [1.54, 1.807) is 0 Å². The number of rotatable bonds is 5. The molecule has 0 aliphatic carbocycles. The number of nitrogens with one attached hydrogen (secondary N) is 1. The van der Waals surface area contributed by atoms with Gasteiger partial charge in [0.1, 0.15) is 0 Å². The number of H-pyrrole nitrogens is 1. The summed E-state index contributed by atoms with van der Waals surface area (Å²) in [7, 11) is 0. The standard InChI is InChI=1S/C20H11ClF6N4O3S/c21-13-4-14-15(30-17(29-14)31-7-11(6-28-31)34-18(32)33)5-16(13)35-8-9-1-2-10(19(22,23)24)3-12(9)20(25,26)27/h1-7H,8H2,(H,29,30)(H,32,33). The lowest BCUT2D eigenvalue weighted by Crippen LogP contribution is -2.13. The first-order valence-corrected chi connectivity index (χ1v) is 10.7. The number of thioether (sulfide) groups is 1. The van der Waals surface area contributed by atoms with Crippen molar-refractivity contribution >= 4 is 40.6 Å². The molecule has 0 spiro atoms. The Morgan fingerprint density at radius 1 is 1.14 bits per heavy atom. The van der Waals surface area contributed by atoms with Crippen molar-refractivity contribution in [2.75, 3.05) is 0 Å². The number of carboxylic acid groups (broad SMARTS) is 1. The van der Waals surface area contributed by atoms with E-state index >= 15 is 0 Å². The van der Waals surface area contributed by atoms with Gasteiger partial charge in [-0.2, -0.15) is 31.4 Å². The first-order valence-electron chi connectivity index (χ1n) is 9.36. The van der Waals surface area contributed by atoms with Crippen molar-refractivity contribution in [1.82, 2.24) is 19.7 Å². The second-order valence-corrected chi connectivity index (χ2v) is 8.43. The Kier molecular flexibility index (Phi) is 6.36. The number of aromatic amines is 1. The molecule has 15 heteroatoms.